The van der Waals surface area contributed by atoms with Crippen molar-refractivity contribution >= 4 is 15.8 Å². The van der Waals surface area contributed by atoms with Gasteiger partial charge in [-0.1, -0.05) is 36.4 Å². The van der Waals surface area contributed by atoms with Gasteiger partial charge in [-0.25, -0.2) is 0 Å². The molecule has 0 aliphatic carbocycles. The summed E-state index contributed by atoms with van der Waals surface area (Å²) >= 11 is 0. The molecule has 0 aliphatic heterocycles. The van der Waals surface area contributed by atoms with Crippen LogP contribution in [0.2, 0.25) is 0 Å². The summed E-state index contributed by atoms with van der Waals surface area (Å²) in [4.78, 5) is 9.74. The molecular formula is C13H11NO5S. The van der Waals surface area contributed by atoms with Crippen molar-refractivity contribution in [2.24, 2.45) is 0 Å². The average molecular weight is 293 g/mol. The summed E-state index contributed by atoms with van der Waals surface area (Å²) in [6.07, 6.45) is 0. The fourth-order valence-electron chi connectivity index (χ4n) is 1.54. The standard InChI is InChI=1S/C13H11NO5S/c15-14(16)12-7-4-8-13(9-12)20(17,18)19-10-11-5-2-1-3-6-11/h1-9H,10H2. The first-order chi connectivity index (χ1) is 9.49. The molecule has 2 aromatic rings. The topological polar surface area (TPSA) is 86.5 Å². The first-order valence-electron chi connectivity index (χ1n) is 5.67. The Labute approximate surface area is 115 Å². The van der Waals surface area contributed by atoms with Crippen LogP contribution < -0.4 is 0 Å². The molecule has 0 atom stereocenters. The fourth-order valence-corrected chi connectivity index (χ4v) is 2.48. The lowest BCUT2D eigenvalue weighted by Crippen LogP contribution is -2.07. The summed E-state index contributed by atoms with van der Waals surface area (Å²) in [5, 5.41) is 10.6. The molecule has 0 aromatic heterocycles. The van der Waals surface area contributed by atoms with Gasteiger partial charge in [-0.2, -0.15) is 8.42 Å². The molecule has 0 bridgehead atoms. The highest BCUT2D eigenvalue weighted by molar-refractivity contribution is 7.86. The Bertz CT molecular complexity index is 713. The zero-order valence-electron chi connectivity index (χ0n) is 10.3. The van der Waals surface area contributed by atoms with Gasteiger partial charge in [0.05, 0.1) is 11.5 Å². The van der Waals surface area contributed by atoms with Crippen LogP contribution in [0.5, 0.6) is 0 Å². The van der Waals surface area contributed by atoms with E-state index in [2.05, 4.69) is 0 Å². The highest BCUT2D eigenvalue weighted by Crippen LogP contribution is 2.20. The highest BCUT2D eigenvalue weighted by Gasteiger charge is 2.18. The molecule has 0 N–H and O–H groups in total. The van der Waals surface area contributed by atoms with Crippen molar-refractivity contribution in [1.82, 2.24) is 0 Å². The second-order valence-corrected chi connectivity index (χ2v) is 5.57. The fraction of sp³-hybridized carbons (Fsp3) is 0.0769. The summed E-state index contributed by atoms with van der Waals surface area (Å²) in [6.45, 7) is -0.119. The van der Waals surface area contributed by atoms with Crippen molar-refractivity contribution in [2.45, 2.75) is 11.5 Å². The van der Waals surface area contributed by atoms with Crippen LogP contribution in [0.3, 0.4) is 0 Å². The highest BCUT2D eigenvalue weighted by atomic mass is 32.2. The van der Waals surface area contributed by atoms with Crippen molar-refractivity contribution in [3.05, 3.63) is 70.3 Å². The molecule has 20 heavy (non-hydrogen) atoms. The van der Waals surface area contributed by atoms with Gasteiger partial charge in [0.2, 0.25) is 0 Å². The Morgan fingerprint density at radius 2 is 1.75 bits per heavy atom. The van der Waals surface area contributed by atoms with Gasteiger partial charge in [-0.05, 0) is 11.6 Å². The third-order valence-electron chi connectivity index (χ3n) is 2.54. The van der Waals surface area contributed by atoms with E-state index >= 15 is 0 Å². The maximum Gasteiger partial charge on any atom is 0.297 e. The summed E-state index contributed by atoms with van der Waals surface area (Å²) in [5.41, 5.74) is 0.399. The number of benzene rings is 2. The van der Waals surface area contributed by atoms with Crippen molar-refractivity contribution in [3.63, 3.8) is 0 Å². The minimum absolute atomic E-state index is 0.119. The van der Waals surface area contributed by atoms with Crippen molar-refractivity contribution in [3.8, 4) is 0 Å². The lowest BCUT2D eigenvalue weighted by atomic mass is 10.2. The van der Waals surface area contributed by atoms with Gasteiger partial charge in [0, 0.05) is 12.1 Å². The smallest absolute Gasteiger partial charge is 0.262 e. The summed E-state index contributed by atoms with van der Waals surface area (Å²) in [7, 11) is -4.02. The van der Waals surface area contributed by atoms with Crippen molar-refractivity contribution < 1.29 is 17.5 Å². The minimum atomic E-state index is -4.02. The number of nitrogens with zero attached hydrogens (tertiary/aromatic N) is 1. The number of nitro groups is 1. The van der Waals surface area contributed by atoms with Crippen LogP contribution in [0.25, 0.3) is 0 Å². The van der Waals surface area contributed by atoms with Gasteiger partial charge in [0.1, 0.15) is 4.90 Å². The van der Waals surface area contributed by atoms with E-state index < -0.39 is 15.0 Å². The van der Waals surface area contributed by atoms with E-state index in [9.17, 15) is 18.5 Å². The second kappa shape index (κ2) is 5.81. The van der Waals surface area contributed by atoms with Crippen LogP contribution in [0, 0.1) is 10.1 Å². The number of nitro benzene ring substituents is 1. The number of hydrogen-bond acceptors (Lipinski definition) is 5. The largest absolute Gasteiger partial charge is 0.297 e. The first-order valence-corrected chi connectivity index (χ1v) is 7.08. The first kappa shape index (κ1) is 14.2. The van der Waals surface area contributed by atoms with Crippen LogP contribution in [-0.2, 0) is 20.9 Å². The summed E-state index contributed by atoms with van der Waals surface area (Å²) < 4.78 is 28.8. The Morgan fingerprint density at radius 3 is 2.40 bits per heavy atom. The monoisotopic (exact) mass is 293 g/mol. The average Bonchev–Trinajstić information content (AvgIpc) is 2.46. The molecule has 0 saturated heterocycles. The molecular weight excluding hydrogens is 282 g/mol. The maximum atomic E-state index is 11.9. The van der Waals surface area contributed by atoms with Gasteiger partial charge in [-0.15, -0.1) is 0 Å². The quantitative estimate of drug-likeness (QED) is 0.480. The van der Waals surface area contributed by atoms with E-state index in [0.717, 1.165) is 6.07 Å². The van der Waals surface area contributed by atoms with Gasteiger partial charge in [0.15, 0.2) is 0 Å². The molecule has 6 nitrogen and oxygen atoms in total. The summed E-state index contributed by atoms with van der Waals surface area (Å²) in [6, 6.07) is 13.5. The zero-order chi connectivity index (χ0) is 14.6. The summed E-state index contributed by atoms with van der Waals surface area (Å²) in [5.74, 6) is 0. The molecule has 0 unspecified atom stereocenters. The molecule has 0 amide bonds. The van der Waals surface area contributed by atoms with Gasteiger partial charge in [0.25, 0.3) is 15.8 Å². The Balaban J connectivity index is 2.18. The van der Waals surface area contributed by atoms with Crippen LogP contribution in [-0.4, -0.2) is 13.3 Å². The minimum Gasteiger partial charge on any atom is -0.262 e. The normalized spacial score (nSPS) is 11.2. The molecule has 104 valence electrons. The van der Waals surface area contributed by atoms with E-state index in [1.54, 1.807) is 30.3 Å². The molecule has 0 aliphatic rings. The second-order valence-electron chi connectivity index (χ2n) is 3.96. The van der Waals surface area contributed by atoms with Gasteiger partial charge < -0.3 is 0 Å². The predicted octanol–water partition coefficient (Wildman–Crippen LogP) is 2.50. The Hall–Kier alpha value is -2.25. The van der Waals surface area contributed by atoms with Crippen LogP contribution in [0.4, 0.5) is 5.69 Å². The van der Waals surface area contributed by atoms with E-state index in [-0.39, 0.29) is 17.2 Å². The lowest BCUT2D eigenvalue weighted by molar-refractivity contribution is -0.385. The maximum absolute atomic E-state index is 11.9. The van der Waals surface area contributed by atoms with E-state index in [1.807, 2.05) is 0 Å². The van der Waals surface area contributed by atoms with Crippen molar-refractivity contribution in [1.29, 1.82) is 0 Å². The number of rotatable bonds is 5. The SMILES string of the molecule is O=[N+]([O-])c1cccc(S(=O)(=O)OCc2ccccc2)c1. The zero-order valence-corrected chi connectivity index (χ0v) is 11.1. The molecule has 7 heteroatoms. The third-order valence-corrected chi connectivity index (χ3v) is 3.80. The molecule has 0 saturated carbocycles. The Morgan fingerprint density at radius 1 is 1.05 bits per heavy atom. The van der Waals surface area contributed by atoms with Crippen LogP contribution >= 0.6 is 0 Å². The van der Waals surface area contributed by atoms with Crippen LogP contribution in [0.15, 0.2) is 59.5 Å². The molecule has 0 radical (unpaired) electrons. The van der Waals surface area contributed by atoms with Crippen molar-refractivity contribution in [2.75, 3.05) is 0 Å². The van der Waals surface area contributed by atoms with E-state index in [4.69, 9.17) is 4.18 Å². The van der Waals surface area contributed by atoms with Gasteiger partial charge >= 0.3 is 0 Å². The van der Waals surface area contributed by atoms with E-state index in [1.165, 1.54) is 18.2 Å². The Kier molecular flexibility index (Phi) is 4.11. The van der Waals surface area contributed by atoms with Crippen LogP contribution in [0.1, 0.15) is 5.56 Å². The molecule has 0 fully saturated rings. The van der Waals surface area contributed by atoms with E-state index in [0.29, 0.717) is 5.56 Å². The molecule has 2 rings (SSSR count). The van der Waals surface area contributed by atoms with Gasteiger partial charge in [-0.3, -0.25) is 14.3 Å². The number of non-ortho nitro benzene ring substituents is 1. The molecule has 2 aromatic carbocycles. The number of hydrogen-bond donors (Lipinski definition) is 0. The molecule has 0 heterocycles. The molecule has 0 spiro atoms. The lowest BCUT2D eigenvalue weighted by Gasteiger charge is -2.05. The predicted molar refractivity (Wildman–Crippen MR) is 71.5 cm³/mol. The third kappa shape index (κ3) is 3.40.